The quantitative estimate of drug-likeness (QED) is 0.0117. The van der Waals surface area contributed by atoms with Crippen LogP contribution in [-0.4, -0.2) is 204 Å². The minimum Gasteiger partial charge on any atom is -0.463 e. The zero-order chi connectivity index (χ0) is 76.0. The molecule has 18 atom stereocenters. The van der Waals surface area contributed by atoms with Crippen LogP contribution in [0.5, 0.6) is 0 Å². The van der Waals surface area contributed by atoms with E-state index in [4.69, 9.17) is 42.2 Å². The molecule has 11 N–H and O–H groups in total. The SMILES string of the molecule is CCCCCCCCCCCCCCCCCCCC(=O)OC(COC(=O)CCCCCCCCCCCCCCCCCC)COP(=O)(O)OC1C(OC2OC(CO)C(O)C(O)C2O)C(O)C(O)C(O)C1OC1OC(COC(=O)CCCCCCCCCCCCCCCCCC)C(O)C(O)C1O. The highest BCUT2D eigenvalue weighted by atomic mass is 31.2. The number of phosphoric ester groups is 1. The summed E-state index contributed by atoms with van der Waals surface area (Å²) in [5.41, 5.74) is 0. The van der Waals surface area contributed by atoms with Crippen molar-refractivity contribution in [1.82, 2.24) is 0 Å². The van der Waals surface area contributed by atoms with Crippen molar-refractivity contribution in [3.63, 3.8) is 0 Å². The van der Waals surface area contributed by atoms with Gasteiger partial charge in [-0.15, -0.1) is 0 Å². The molecule has 104 heavy (non-hydrogen) atoms. The molecule has 2 aliphatic heterocycles. The van der Waals surface area contributed by atoms with Crippen molar-refractivity contribution in [1.29, 1.82) is 0 Å². The van der Waals surface area contributed by atoms with Gasteiger partial charge in [-0.05, 0) is 19.3 Å². The molecular weight excluding hydrogens is 1360 g/mol. The lowest BCUT2D eigenvalue weighted by atomic mass is 9.84. The van der Waals surface area contributed by atoms with Crippen LogP contribution in [0.25, 0.3) is 0 Å². The second-order valence-electron chi connectivity index (χ2n) is 30.2. The van der Waals surface area contributed by atoms with E-state index in [-0.39, 0.29) is 19.3 Å². The highest BCUT2D eigenvalue weighted by Crippen LogP contribution is 2.49. The number of phosphoric acid groups is 1. The van der Waals surface area contributed by atoms with Crippen LogP contribution in [0.4, 0.5) is 0 Å². The molecule has 3 aliphatic rings. The fourth-order valence-electron chi connectivity index (χ4n) is 14.1. The Morgan fingerprint density at radius 1 is 0.337 bits per heavy atom. The molecule has 25 heteroatoms. The molecule has 0 bridgehead atoms. The lowest BCUT2D eigenvalue weighted by Crippen LogP contribution is -2.69. The normalized spacial score (nSPS) is 26.7. The minimum absolute atomic E-state index is 0.0324. The molecule has 614 valence electrons. The fourth-order valence-corrected chi connectivity index (χ4v) is 15.1. The van der Waals surface area contributed by atoms with Gasteiger partial charge in [0.25, 0.3) is 0 Å². The smallest absolute Gasteiger partial charge is 0.463 e. The van der Waals surface area contributed by atoms with Crippen LogP contribution in [0.15, 0.2) is 0 Å². The second kappa shape index (κ2) is 60.7. The van der Waals surface area contributed by atoms with Crippen molar-refractivity contribution in [2.75, 3.05) is 26.4 Å². The van der Waals surface area contributed by atoms with Gasteiger partial charge < -0.3 is 89.1 Å². The lowest BCUT2D eigenvalue weighted by Gasteiger charge is -2.49. The van der Waals surface area contributed by atoms with Crippen molar-refractivity contribution in [3.05, 3.63) is 0 Å². The van der Waals surface area contributed by atoms with Crippen molar-refractivity contribution in [2.24, 2.45) is 0 Å². The summed E-state index contributed by atoms with van der Waals surface area (Å²) in [4.78, 5) is 51.2. The van der Waals surface area contributed by atoms with Gasteiger partial charge in [-0.1, -0.05) is 316 Å². The minimum atomic E-state index is -5.70. The summed E-state index contributed by atoms with van der Waals surface area (Å²) < 4.78 is 65.3. The van der Waals surface area contributed by atoms with Crippen molar-refractivity contribution < 1.29 is 117 Å². The van der Waals surface area contributed by atoms with E-state index in [0.29, 0.717) is 19.3 Å². The highest BCUT2D eigenvalue weighted by molar-refractivity contribution is 7.47. The molecule has 2 saturated heterocycles. The van der Waals surface area contributed by atoms with Crippen LogP contribution in [0.2, 0.25) is 0 Å². The van der Waals surface area contributed by atoms with Gasteiger partial charge in [0, 0.05) is 19.3 Å². The van der Waals surface area contributed by atoms with Gasteiger partial charge in [-0.3, -0.25) is 23.4 Å². The van der Waals surface area contributed by atoms with E-state index in [2.05, 4.69) is 20.8 Å². The highest BCUT2D eigenvalue weighted by Gasteiger charge is 2.58. The van der Waals surface area contributed by atoms with Gasteiger partial charge in [0.2, 0.25) is 0 Å². The van der Waals surface area contributed by atoms with Gasteiger partial charge in [-0.25, -0.2) is 4.57 Å². The number of unbranched alkanes of at least 4 members (excludes halogenated alkanes) is 46. The molecule has 0 spiro atoms. The maximum Gasteiger partial charge on any atom is 0.472 e. The maximum atomic E-state index is 14.4. The Kier molecular flexibility index (Phi) is 56.1. The van der Waals surface area contributed by atoms with E-state index in [9.17, 15) is 74.9 Å². The molecule has 24 nitrogen and oxygen atoms in total. The average Bonchev–Trinajstić information content (AvgIpc) is 0.761. The number of carbonyl (C=O) groups is 3. The van der Waals surface area contributed by atoms with Gasteiger partial charge in [0.15, 0.2) is 18.7 Å². The van der Waals surface area contributed by atoms with Crippen LogP contribution in [0, 0.1) is 0 Å². The predicted molar refractivity (Wildman–Crippen MR) is 398 cm³/mol. The van der Waals surface area contributed by atoms with Crippen molar-refractivity contribution in [2.45, 2.75) is 459 Å². The van der Waals surface area contributed by atoms with Crippen molar-refractivity contribution >= 4 is 25.7 Å². The van der Waals surface area contributed by atoms with Crippen LogP contribution >= 0.6 is 7.82 Å². The fraction of sp³-hybridized carbons (Fsp3) is 0.962. The van der Waals surface area contributed by atoms with Gasteiger partial charge in [0.1, 0.15) is 98.7 Å². The standard InChI is InChI=1S/C79H149O24P/c1-4-7-10-13-16-19-22-25-28-31-34-37-40-43-46-49-52-55-65(83)98-60(57-95-63(81)53-50-47-44-41-38-35-32-29-26-23-20-17-14-11-8-5-2)58-97-104(93,94)103-77-75(101-78-73(91)68(86)66(84)61(56-80)99-78)71(89)70(88)72(90)76(77)102-79-74(92)69(87)67(85)62(100-79)59-96-64(82)54-51-48-45-42-39-36-33-30-27-24-21-18-15-12-9-6-3/h60-62,66-80,84-92H,4-59H2,1-3H3,(H,93,94). The van der Waals surface area contributed by atoms with Crippen LogP contribution in [0.3, 0.4) is 0 Å². The molecule has 1 aliphatic carbocycles. The molecule has 3 fully saturated rings. The molecule has 0 radical (unpaired) electrons. The Morgan fingerprint density at radius 3 is 0.942 bits per heavy atom. The summed E-state index contributed by atoms with van der Waals surface area (Å²) in [6.45, 7) is 3.53. The molecule has 0 aromatic rings. The molecule has 2 heterocycles. The first-order chi connectivity index (χ1) is 50.3. The first kappa shape index (κ1) is 96.2. The second-order valence-corrected chi connectivity index (χ2v) is 31.6. The number of hydrogen-bond acceptors (Lipinski definition) is 23. The number of esters is 3. The number of rotatable bonds is 67. The summed E-state index contributed by atoms with van der Waals surface area (Å²) in [5, 5.41) is 110. The first-order valence-electron chi connectivity index (χ1n) is 41.8. The maximum absolute atomic E-state index is 14.4. The Balaban J connectivity index is 1.69. The van der Waals surface area contributed by atoms with Crippen molar-refractivity contribution in [3.8, 4) is 0 Å². The van der Waals surface area contributed by atoms with Crippen LogP contribution < -0.4 is 0 Å². The summed E-state index contributed by atoms with van der Waals surface area (Å²) in [5.74, 6) is -1.96. The number of ether oxygens (including phenoxy) is 7. The third-order valence-electron chi connectivity index (χ3n) is 20.9. The summed E-state index contributed by atoms with van der Waals surface area (Å²) in [6.07, 6.45) is 21.2. The monoisotopic (exact) mass is 1510 g/mol. The Morgan fingerprint density at radius 2 is 0.615 bits per heavy atom. The lowest BCUT2D eigenvalue weighted by molar-refractivity contribution is -0.360. The largest absolute Gasteiger partial charge is 0.472 e. The van der Waals surface area contributed by atoms with Crippen LogP contribution in [-0.2, 0) is 61.2 Å². The Bertz CT molecular complexity index is 2130. The number of aliphatic hydroxyl groups excluding tert-OH is 10. The van der Waals surface area contributed by atoms with E-state index in [1.807, 2.05) is 0 Å². The van der Waals surface area contributed by atoms with Gasteiger partial charge in [0.05, 0.1) is 13.2 Å². The number of hydrogen-bond donors (Lipinski definition) is 11. The van der Waals surface area contributed by atoms with E-state index in [1.54, 1.807) is 0 Å². The van der Waals surface area contributed by atoms with Crippen LogP contribution in [0.1, 0.15) is 355 Å². The topological polar surface area (TPSA) is 374 Å². The third-order valence-corrected chi connectivity index (χ3v) is 21.9. The molecule has 0 aromatic carbocycles. The molecule has 18 unspecified atom stereocenters. The van der Waals surface area contributed by atoms with E-state index in [0.717, 1.165) is 89.9 Å². The molecular formula is C79H149O24P. The van der Waals surface area contributed by atoms with E-state index < -0.39 is 156 Å². The summed E-state index contributed by atoms with van der Waals surface area (Å²) in [7, 11) is -5.70. The first-order valence-corrected chi connectivity index (χ1v) is 43.3. The summed E-state index contributed by atoms with van der Waals surface area (Å²) in [6, 6.07) is 0. The average molecular weight is 1510 g/mol. The zero-order valence-electron chi connectivity index (χ0n) is 64.6. The van der Waals surface area contributed by atoms with Gasteiger partial charge >= 0.3 is 25.7 Å². The number of aliphatic hydroxyl groups is 10. The summed E-state index contributed by atoms with van der Waals surface area (Å²) >= 11 is 0. The van der Waals surface area contributed by atoms with Gasteiger partial charge in [-0.2, -0.15) is 0 Å². The Labute approximate surface area is 625 Å². The van der Waals surface area contributed by atoms with E-state index in [1.165, 1.54) is 205 Å². The zero-order valence-corrected chi connectivity index (χ0v) is 65.5. The molecule has 3 rings (SSSR count). The number of carbonyl (C=O) groups excluding carboxylic acids is 3. The Hall–Kier alpha value is -2.04. The predicted octanol–water partition coefficient (Wildman–Crippen LogP) is 13.3. The third kappa shape index (κ3) is 42.4. The van der Waals surface area contributed by atoms with E-state index >= 15 is 0 Å². The molecule has 0 aromatic heterocycles. The molecule has 1 saturated carbocycles. The molecule has 0 amide bonds.